The van der Waals surface area contributed by atoms with Crippen molar-refractivity contribution in [1.82, 2.24) is 4.98 Å². The average Bonchev–Trinajstić information content (AvgIpc) is 2.22. The van der Waals surface area contributed by atoms with E-state index in [0.29, 0.717) is 0 Å². The zero-order valence-electron chi connectivity index (χ0n) is 8.90. The molecule has 2 aromatic rings. The number of benzene rings is 1. The fraction of sp³-hybridized carbons (Fsp3) is 0.250. The summed E-state index contributed by atoms with van der Waals surface area (Å²) in [5, 5.41) is 1.95. The van der Waals surface area contributed by atoms with Gasteiger partial charge in [-0.15, -0.1) is 0 Å². The second-order valence-corrected chi connectivity index (χ2v) is 3.74. The van der Waals surface area contributed by atoms with Crippen molar-refractivity contribution in [2.45, 2.75) is 20.0 Å². The SMILES string of the molecule is CC(C)Oc1ccc(N)c2ccncc12. The molecule has 15 heavy (non-hydrogen) atoms. The van der Waals surface area contributed by atoms with E-state index in [-0.39, 0.29) is 6.10 Å². The third-order valence-electron chi connectivity index (χ3n) is 2.17. The summed E-state index contributed by atoms with van der Waals surface area (Å²) < 4.78 is 5.69. The maximum Gasteiger partial charge on any atom is 0.129 e. The van der Waals surface area contributed by atoms with Crippen molar-refractivity contribution in [2.24, 2.45) is 0 Å². The number of pyridine rings is 1. The van der Waals surface area contributed by atoms with Gasteiger partial charge in [-0.05, 0) is 32.0 Å². The highest BCUT2D eigenvalue weighted by Crippen LogP contribution is 2.29. The Bertz CT molecular complexity index is 480. The standard InChI is InChI=1S/C12H14N2O/c1-8(2)15-12-4-3-11(13)9-5-6-14-7-10(9)12/h3-8H,13H2,1-2H3. The van der Waals surface area contributed by atoms with Crippen LogP contribution in [-0.2, 0) is 0 Å². The first-order valence-corrected chi connectivity index (χ1v) is 4.97. The number of nitrogen functional groups attached to an aromatic ring is 1. The van der Waals surface area contributed by atoms with Crippen LogP contribution in [0.5, 0.6) is 5.75 Å². The number of nitrogens with zero attached hydrogens (tertiary/aromatic N) is 1. The maximum absolute atomic E-state index is 5.87. The molecule has 0 atom stereocenters. The van der Waals surface area contributed by atoms with Gasteiger partial charge in [0.05, 0.1) is 6.10 Å². The Kier molecular flexibility index (Phi) is 2.46. The van der Waals surface area contributed by atoms with Gasteiger partial charge in [-0.3, -0.25) is 4.98 Å². The van der Waals surface area contributed by atoms with Crippen molar-refractivity contribution in [3.05, 3.63) is 30.6 Å². The molecule has 0 aliphatic carbocycles. The quantitative estimate of drug-likeness (QED) is 0.761. The lowest BCUT2D eigenvalue weighted by atomic mass is 10.1. The Morgan fingerprint density at radius 3 is 2.73 bits per heavy atom. The number of ether oxygens (including phenoxy) is 1. The molecule has 1 aromatic heterocycles. The molecule has 3 nitrogen and oxygen atoms in total. The van der Waals surface area contributed by atoms with Gasteiger partial charge in [0.25, 0.3) is 0 Å². The van der Waals surface area contributed by atoms with E-state index in [1.54, 1.807) is 12.4 Å². The molecule has 3 heteroatoms. The summed E-state index contributed by atoms with van der Waals surface area (Å²) >= 11 is 0. The monoisotopic (exact) mass is 202 g/mol. The number of aromatic nitrogens is 1. The average molecular weight is 202 g/mol. The van der Waals surface area contributed by atoms with Crippen LogP contribution < -0.4 is 10.5 Å². The zero-order valence-corrected chi connectivity index (χ0v) is 8.90. The van der Waals surface area contributed by atoms with Crippen LogP contribution in [0, 0.1) is 0 Å². The van der Waals surface area contributed by atoms with Gasteiger partial charge < -0.3 is 10.5 Å². The number of nitrogens with two attached hydrogens (primary N) is 1. The first kappa shape index (κ1) is 9.77. The Hall–Kier alpha value is -1.77. The second kappa shape index (κ2) is 3.77. The fourth-order valence-electron chi connectivity index (χ4n) is 1.54. The van der Waals surface area contributed by atoms with Gasteiger partial charge in [0, 0.05) is 28.9 Å². The van der Waals surface area contributed by atoms with Crippen LogP contribution in [0.15, 0.2) is 30.6 Å². The molecule has 0 fully saturated rings. The molecule has 0 saturated heterocycles. The number of hydrogen-bond donors (Lipinski definition) is 1. The van der Waals surface area contributed by atoms with E-state index in [9.17, 15) is 0 Å². The summed E-state index contributed by atoms with van der Waals surface area (Å²) in [4.78, 5) is 4.09. The Morgan fingerprint density at radius 1 is 1.20 bits per heavy atom. The van der Waals surface area contributed by atoms with E-state index in [1.807, 2.05) is 32.0 Å². The predicted octanol–water partition coefficient (Wildman–Crippen LogP) is 2.60. The van der Waals surface area contributed by atoms with Crippen molar-refractivity contribution in [1.29, 1.82) is 0 Å². The van der Waals surface area contributed by atoms with Gasteiger partial charge in [-0.2, -0.15) is 0 Å². The molecule has 2 N–H and O–H groups in total. The Balaban J connectivity index is 2.61. The minimum atomic E-state index is 0.150. The summed E-state index contributed by atoms with van der Waals surface area (Å²) in [6.07, 6.45) is 3.67. The van der Waals surface area contributed by atoms with Crippen LogP contribution in [0.2, 0.25) is 0 Å². The number of rotatable bonds is 2. The first-order valence-electron chi connectivity index (χ1n) is 4.97. The molecule has 0 radical (unpaired) electrons. The van der Waals surface area contributed by atoms with Crippen LogP contribution in [0.1, 0.15) is 13.8 Å². The lowest BCUT2D eigenvalue weighted by Crippen LogP contribution is -2.06. The molecule has 0 bridgehead atoms. The zero-order chi connectivity index (χ0) is 10.8. The highest BCUT2D eigenvalue weighted by Gasteiger charge is 2.06. The largest absolute Gasteiger partial charge is 0.490 e. The van der Waals surface area contributed by atoms with Crippen LogP contribution in [0.25, 0.3) is 10.8 Å². The van der Waals surface area contributed by atoms with E-state index in [1.165, 1.54) is 0 Å². The van der Waals surface area contributed by atoms with Gasteiger partial charge in [0.2, 0.25) is 0 Å². The topological polar surface area (TPSA) is 48.1 Å². The van der Waals surface area contributed by atoms with Crippen molar-refractivity contribution < 1.29 is 4.74 Å². The summed E-state index contributed by atoms with van der Waals surface area (Å²) in [6, 6.07) is 5.65. The van der Waals surface area contributed by atoms with E-state index in [2.05, 4.69) is 4.98 Å². The highest BCUT2D eigenvalue weighted by molar-refractivity contribution is 5.96. The van der Waals surface area contributed by atoms with E-state index < -0.39 is 0 Å². The molecule has 0 aliphatic heterocycles. The summed E-state index contributed by atoms with van der Waals surface area (Å²) in [7, 11) is 0. The molecule has 1 heterocycles. The third-order valence-corrected chi connectivity index (χ3v) is 2.17. The summed E-state index contributed by atoms with van der Waals surface area (Å²) in [5.41, 5.74) is 6.63. The van der Waals surface area contributed by atoms with Crippen molar-refractivity contribution in [3.63, 3.8) is 0 Å². The van der Waals surface area contributed by atoms with E-state index in [0.717, 1.165) is 22.2 Å². The maximum atomic E-state index is 5.87. The lowest BCUT2D eigenvalue weighted by Gasteiger charge is -2.12. The first-order chi connectivity index (χ1) is 7.18. The predicted molar refractivity (Wildman–Crippen MR) is 61.9 cm³/mol. The van der Waals surface area contributed by atoms with Gasteiger partial charge in [0.1, 0.15) is 5.75 Å². The molecule has 78 valence electrons. The van der Waals surface area contributed by atoms with E-state index >= 15 is 0 Å². The number of anilines is 1. The van der Waals surface area contributed by atoms with Gasteiger partial charge in [-0.25, -0.2) is 0 Å². The molecule has 0 amide bonds. The van der Waals surface area contributed by atoms with E-state index in [4.69, 9.17) is 10.5 Å². The summed E-state index contributed by atoms with van der Waals surface area (Å²) in [6.45, 7) is 4.00. The second-order valence-electron chi connectivity index (χ2n) is 3.74. The number of hydrogen-bond acceptors (Lipinski definition) is 3. The Morgan fingerprint density at radius 2 is 2.00 bits per heavy atom. The molecule has 0 unspecified atom stereocenters. The molecule has 0 aliphatic rings. The van der Waals surface area contributed by atoms with Crippen molar-refractivity contribution >= 4 is 16.5 Å². The van der Waals surface area contributed by atoms with Gasteiger partial charge in [-0.1, -0.05) is 0 Å². The van der Waals surface area contributed by atoms with Crippen LogP contribution >= 0.6 is 0 Å². The smallest absolute Gasteiger partial charge is 0.129 e. The Labute approximate surface area is 88.9 Å². The van der Waals surface area contributed by atoms with Crippen molar-refractivity contribution in [2.75, 3.05) is 5.73 Å². The molecule has 0 saturated carbocycles. The summed E-state index contributed by atoms with van der Waals surface area (Å²) in [5.74, 6) is 0.835. The van der Waals surface area contributed by atoms with Gasteiger partial charge in [0.15, 0.2) is 0 Å². The van der Waals surface area contributed by atoms with Crippen LogP contribution in [0.4, 0.5) is 5.69 Å². The molecular weight excluding hydrogens is 188 g/mol. The number of fused-ring (bicyclic) bond motifs is 1. The highest BCUT2D eigenvalue weighted by atomic mass is 16.5. The van der Waals surface area contributed by atoms with Crippen molar-refractivity contribution in [3.8, 4) is 5.75 Å². The molecule has 2 rings (SSSR count). The fourth-order valence-corrected chi connectivity index (χ4v) is 1.54. The van der Waals surface area contributed by atoms with Crippen LogP contribution in [-0.4, -0.2) is 11.1 Å². The third kappa shape index (κ3) is 1.86. The lowest BCUT2D eigenvalue weighted by molar-refractivity contribution is 0.245. The van der Waals surface area contributed by atoms with Gasteiger partial charge >= 0.3 is 0 Å². The molecule has 1 aromatic carbocycles. The minimum absolute atomic E-state index is 0.150. The molecule has 0 spiro atoms. The normalized spacial score (nSPS) is 10.9. The van der Waals surface area contributed by atoms with Crippen LogP contribution in [0.3, 0.4) is 0 Å². The molecular formula is C12H14N2O. The minimum Gasteiger partial charge on any atom is -0.490 e.